The molecule has 2 aromatic rings. The third-order valence-electron chi connectivity index (χ3n) is 7.10. The molecular weight excluding hydrogens is 562 g/mol. The summed E-state index contributed by atoms with van der Waals surface area (Å²) in [5.74, 6) is -0.522. The summed E-state index contributed by atoms with van der Waals surface area (Å²) in [6, 6.07) is 3.90. The van der Waals surface area contributed by atoms with Gasteiger partial charge in [0.2, 0.25) is 0 Å². The number of nitrogens with one attached hydrogen (secondary N) is 2. The van der Waals surface area contributed by atoms with Crippen LogP contribution in [-0.4, -0.2) is 72.0 Å². The molecule has 3 saturated heterocycles. The number of aliphatic carboxylic acids is 1. The molecule has 3 aliphatic rings. The molecule has 1 atom stereocenters. The fourth-order valence-electron chi connectivity index (χ4n) is 5.90. The van der Waals surface area contributed by atoms with Gasteiger partial charge in [0.25, 0.3) is 17.4 Å². The van der Waals surface area contributed by atoms with E-state index in [1.165, 1.54) is 11.8 Å². The van der Waals surface area contributed by atoms with E-state index in [9.17, 15) is 9.59 Å². The van der Waals surface area contributed by atoms with Crippen molar-refractivity contribution in [2.24, 2.45) is 0 Å². The Morgan fingerprint density at radius 3 is 2.54 bits per heavy atom. The van der Waals surface area contributed by atoms with Gasteiger partial charge in [-0.3, -0.25) is 23.7 Å². The second-order valence-corrected chi connectivity index (χ2v) is 13.9. The van der Waals surface area contributed by atoms with Crippen LogP contribution in [0.1, 0.15) is 71.4 Å². The van der Waals surface area contributed by atoms with E-state index in [-0.39, 0.29) is 34.7 Å². The molecule has 1 unspecified atom stereocenters. The first-order valence-electron chi connectivity index (χ1n) is 13.8. The van der Waals surface area contributed by atoms with Crippen LogP contribution in [-0.2, 0) is 14.3 Å². The summed E-state index contributed by atoms with van der Waals surface area (Å²) in [7, 11) is 0. The van der Waals surface area contributed by atoms with Crippen LogP contribution in [0, 0.1) is 6.92 Å². The minimum absolute atomic E-state index is 0.00151. The molecule has 41 heavy (non-hydrogen) atoms. The molecule has 3 aliphatic heterocycles. The number of thiocarbonyl (C=S) groups is 1. The first-order valence-corrected chi connectivity index (χ1v) is 15.0. The molecule has 0 spiro atoms. The second-order valence-electron chi connectivity index (χ2n) is 12.2. The molecule has 0 bridgehead atoms. The number of carbonyl (C=O) groups excluding carboxylic acids is 1. The van der Waals surface area contributed by atoms with Gasteiger partial charge < -0.3 is 20.5 Å². The smallest absolute Gasteiger partial charge is 0.300 e. The van der Waals surface area contributed by atoms with E-state index in [0.29, 0.717) is 39.4 Å². The Labute approximate surface area is 249 Å². The fourth-order valence-corrected chi connectivity index (χ4v) is 7.15. The molecule has 0 aliphatic carbocycles. The predicted octanol–water partition coefficient (Wildman–Crippen LogP) is 4.20. The van der Waals surface area contributed by atoms with E-state index < -0.39 is 5.97 Å². The molecule has 3 N–H and O–H groups in total. The van der Waals surface area contributed by atoms with Crippen LogP contribution in [0.3, 0.4) is 0 Å². The molecule has 0 saturated carbocycles. The first-order chi connectivity index (χ1) is 19.1. The molecule has 0 radical (unpaired) electrons. The minimum Gasteiger partial charge on any atom is -0.481 e. The van der Waals surface area contributed by atoms with Crippen molar-refractivity contribution in [2.75, 3.05) is 18.5 Å². The van der Waals surface area contributed by atoms with Gasteiger partial charge in [0.1, 0.15) is 15.8 Å². The van der Waals surface area contributed by atoms with Crippen LogP contribution in [0.25, 0.3) is 11.7 Å². The molecule has 5 heterocycles. The monoisotopic (exact) mass is 601 g/mol. The number of pyridine rings is 1. The summed E-state index contributed by atoms with van der Waals surface area (Å²) in [6.07, 6.45) is 7.10. The van der Waals surface area contributed by atoms with Crippen molar-refractivity contribution in [3.05, 3.63) is 44.7 Å². The normalized spacial score (nSPS) is 23.1. The van der Waals surface area contributed by atoms with Gasteiger partial charge in [-0.2, -0.15) is 0 Å². The molecule has 1 amide bonds. The van der Waals surface area contributed by atoms with Gasteiger partial charge >= 0.3 is 0 Å². The van der Waals surface area contributed by atoms with Crippen LogP contribution >= 0.6 is 24.0 Å². The summed E-state index contributed by atoms with van der Waals surface area (Å²) in [5, 5.41) is 14.7. The number of carbonyl (C=O) groups is 2. The van der Waals surface area contributed by atoms with Crippen molar-refractivity contribution in [3.8, 4) is 0 Å². The lowest BCUT2D eigenvalue weighted by molar-refractivity contribution is -0.134. The number of fused-ring (bicyclic) bond motifs is 1. The Balaban J connectivity index is 0.000000909. The largest absolute Gasteiger partial charge is 0.481 e. The van der Waals surface area contributed by atoms with Crippen LogP contribution in [0.5, 0.6) is 0 Å². The van der Waals surface area contributed by atoms with Gasteiger partial charge in [-0.15, -0.1) is 0 Å². The minimum atomic E-state index is -0.833. The lowest BCUT2D eigenvalue weighted by Crippen LogP contribution is -2.60. The van der Waals surface area contributed by atoms with Crippen LogP contribution in [0.2, 0.25) is 0 Å². The van der Waals surface area contributed by atoms with E-state index in [2.05, 4.69) is 38.3 Å². The van der Waals surface area contributed by atoms with E-state index in [4.69, 9.17) is 31.8 Å². The number of rotatable bonds is 5. The second kappa shape index (κ2) is 12.2. The van der Waals surface area contributed by atoms with Crippen molar-refractivity contribution in [1.82, 2.24) is 19.6 Å². The third-order valence-corrected chi connectivity index (χ3v) is 8.47. The first kappa shape index (κ1) is 31.1. The topological polar surface area (TPSA) is 125 Å². The van der Waals surface area contributed by atoms with Gasteiger partial charge in [-0.25, -0.2) is 4.98 Å². The molecule has 10 nitrogen and oxygen atoms in total. The Morgan fingerprint density at radius 2 is 1.93 bits per heavy atom. The van der Waals surface area contributed by atoms with Crippen molar-refractivity contribution in [1.29, 1.82) is 0 Å². The van der Waals surface area contributed by atoms with Gasteiger partial charge in [0.15, 0.2) is 0 Å². The number of thioether (sulfide) groups is 1. The number of anilines is 1. The number of hydrogen-bond donors (Lipinski definition) is 3. The zero-order valence-corrected chi connectivity index (χ0v) is 26.1. The van der Waals surface area contributed by atoms with E-state index in [0.717, 1.165) is 38.2 Å². The zero-order valence-electron chi connectivity index (χ0n) is 24.4. The van der Waals surface area contributed by atoms with Crippen LogP contribution in [0.4, 0.5) is 5.82 Å². The Kier molecular flexibility index (Phi) is 9.27. The lowest BCUT2D eigenvalue weighted by Gasteiger charge is -2.46. The summed E-state index contributed by atoms with van der Waals surface area (Å²) < 4.78 is 7.76. The molecular formula is C29H39N5O5S2. The van der Waals surface area contributed by atoms with E-state index in [1.54, 1.807) is 21.6 Å². The number of hydrogen-bond acceptors (Lipinski definition) is 9. The predicted molar refractivity (Wildman–Crippen MR) is 166 cm³/mol. The number of carboxylic acid groups (broad SMARTS) is 1. The molecule has 12 heteroatoms. The standard InChI is InChI=1S/C27H35N5O3S2.C2H4O2/c1-16-8-9-21-29-22(28-17-12-26(2,3)30-27(4,5)13-17)19(23(33)31(21)14-16)11-20-24(34)32(25(36)37-20)15-18-7-6-10-35-18;1-2(3)4/h8-9,11,14,17-18,28,30H,6-7,10,12-13,15H2,1-5H3;1H3,(H,3,4)/b20-11-;. The number of aromatic nitrogens is 2. The maximum Gasteiger partial charge on any atom is 0.300 e. The van der Waals surface area contributed by atoms with Gasteiger partial charge in [0, 0.05) is 36.8 Å². The zero-order chi connectivity index (χ0) is 30.1. The highest BCUT2D eigenvalue weighted by Gasteiger charge is 2.39. The Bertz CT molecular complexity index is 1430. The number of ether oxygens (including phenoxy) is 1. The lowest BCUT2D eigenvalue weighted by atomic mass is 9.79. The molecule has 5 rings (SSSR count). The van der Waals surface area contributed by atoms with Gasteiger partial charge in [0.05, 0.1) is 23.1 Å². The summed E-state index contributed by atoms with van der Waals surface area (Å²) >= 11 is 6.77. The maximum absolute atomic E-state index is 13.8. The van der Waals surface area contributed by atoms with Gasteiger partial charge in [-0.05, 0) is 78.0 Å². The van der Waals surface area contributed by atoms with E-state index >= 15 is 0 Å². The Hall–Kier alpha value is -2.80. The number of aryl methyl sites for hydroxylation is 1. The average molecular weight is 602 g/mol. The number of carboxylic acids is 1. The molecule has 3 fully saturated rings. The molecule has 222 valence electrons. The molecule has 2 aromatic heterocycles. The number of nitrogens with zero attached hydrogens (tertiary/aromatic N) is 3. The van der Waals surface area contributed by atoms with Crippen molar-refractivity contribution >= 4 is 57.7 Å². The highest BCUT2D eigenvalue weighted by molar-refractivity contribution is 8.26. The van der Waals surface area contributed by atoms with Crippen molar-refractivity contribution < 1.29 is 19.4 Å². The quantitative estimate of drug-likeness (QED) is 0.339. The molecule has 0 aromatic carbocycles. The SMILES string of the molecule is CC(=O)O.Cc1ccc2nc(NC3CC(C)(C)NC(C)(C)C3)c(/C=C3\SC(=S)N(CC4CCCO4)C3=O)c(=O)n2c1. The highest BCUT2D eigenvalue weighted by atomic mass is 32.2. The fraction of sp³-hybridized carbons (Fsp3) is 0.552. The third kappa shape index (κ3) is 7.73. The van der Waals surface area contributed by atoms with E-state index in [1.807, 2.05) is 19.1 Å². The van der Waals surface area contributed by atoms with Gasteiger partial charge in [-0.1, -0.05) is 30.0 Å². The summed E-state index contributed by atoms with van der Waals surface area (Å²) in [4.78, 5) is 43.0. The van der Waals surface area contributed by atoms with Crippen LogP contribution < -0.4 is 16.2 Å². The van der Waals surface area contributed by atoms with Crippen molar-refractivity contribution in [3.63, 3.8) is 0 Å². The average Bonchev–Trinajstić information content (AvgIpc) is 3.44. The van der Waals surface area contributed by atoms with Crippen LogP contribution in [0.15, 0.2) is 28.0 Å². The van der Waals surface area contributed by atoms with Crippen molar-refractivity contribution in [2.45, 2.75) is 90.4 Å². The summed E-state index contributed by atoms with van der Waals surface area (Å²) in [6.45, 7) is 12.9. The number of amides is 1. The maximum atomic E-state index is 13.8. The Morgan fingerprint density at radius 1 is 1.27 bits per heavy atom. The number of piperidine rings is 1. The highest BCUT2D eigenvalue weighted by Crippen LogP contribution is 2.35. The summed E-state index contributed by atoms with van der Waals surface area (Å²) in [5.41, 5.74) is 1.52.